The fourth-order valence-corrected chi connectivity index (χ4v) is 3.91. The van der Waals surface area contributed by atoms with Crippen molar-refractivity contribution in [2.24, 2.45) is 5.92 Å². The van der Waals surface area contributed by atoms with Crippen LogP contribution in [0.3, 0.4) is 0 Å². The summed E-state index contributed by atoms with van der Waals surface area (Å²) in [6, 6.07) is 9.27. The van der Waals surface area contributed by atoms with Crippen LogP contribution in [0.25, 0.3) is 0 Å². The molecule has 1 N–H and O–H groups in total. The Balaban J connectivity index is 2.00. The number of hydrogen-bond donors (Lipinski definition) is 1. The lowest BCUT2D eigenvalue weighted by Gasteiger charge is -2.43. The number of amides is 2. The lowest BCUT2D eigenvalue weighted by Crippen LogP contribution is -2.63. The number of nitrogens with zero attached hydrogens (tertiary/aromatic N) is 3. The summed E-state index contributed by atoms with van der Waals surface area (Å²) in [6.45, 7) is 13.3. The Bertz CT molecular complexity index is 976. The second-order valence-corrected chi connectivity index (χ2v) is 10.4. The highest BCUT2D eigenvalue weighted by molar-refractivity contribution is 6.31. The Morgan fingerprint density at radius 3 is 2.58 bits per heavy atom. The molecule has 0 saturated carbocycles. The minimum atomic E-state index is -1.08. The topological polar surface area (TPSA) is 67.2 Å². The number of benzene rings is 1. The Morgan fingerprint density at radius 1 is 1.29 bits per heavy atom. The third-order valence-corrected chi connectivity index (χ3v) is 6.22. The van der Waals surface area contributed by atoms with Crippen LogP contribution in [0.2, 0.25) is 5.02 Å². The maximum Gasteiger partial charge on any atom is 0.273 e. The maximum absolute atomic E-state index is 13.6. The molecule has 2 heterocycles. The highest BCUT2D eigenvalue weighted by atomic mass is 35.5. The Labute approximate surface area is 190 Å². The van der Waals surface area contributed by atoms with E-state index in [0.29, 0.717) is 29.7 Å². The van der Waals surface area contributed by atoms with Crippen molar-refractivity contribution in [1.82, 2.24) is 20.0 Å². The lowest BCUT2D eigenvalue weighted by molar-refractivity contribution is -0.133. The number of hydrogen-bond acceptors (Lipinski definition) is 3. The van der Waals surface area contributed by atoms with Gasteiger partial charge in [0.1, 0.15) is 11.2 Å². The van der Waals surface area contributed by atoms with Crippen molar-refractivity contribution in [1.29, 1.82) is 0 Å². The summed E-state index contributed by atoms with van der Waals surface area (Å²) < 4.78 is 1.69. The summed E-state index contributed by atoms with van der Waals surface area (Å²) in [5, 5.41) is 8.29. The van der Waals surface area contributed by atoms with E-state index < -0.39 is 5.54 Å². The van der Waals surface area contributed by atoms with E-state index in [1.54, 1.807) is 15.6 Å². The van der Waals surface area contributed by atoms with Crippen LogP contribution in [0, 0.1) is 5.92 Å². The maximum atomic E-state index is 13.6. The average Bonchev–Trinajstić information content (AvgIpc) is 3.10. The molecule has 1 aromatic heterocycles. The molecule has 0 fully saturated rings. The number of fused-ring (bicyclic) bond motifs is 1. The minimum absolute atomic E-state index is 0.174. The first-order valence-corrected chi connectivity index (χ1v) is 11.2. The van der Waals surface area contributed by atoms with Crippen molar-refractivity contribution in [3.05, 3.63) is 52.3 Å². The Morgan fingerprint density at radius 2 is 1.97 bits per heavy atom. The summed E-state index contributed by atoms with van der Waals surface area (Å²) in [6.07, 6.45) is 0.876. The van der Waals surface area contributed by atoms with E-state index in [1.807, 2.05) is 31.2 Å². The van der Waals surface area contributed by atoms with Crippen LogP contribution in [0.15, 0.2) is 30.3 Å². The van der Waals surface area contributed by atoms with Crippen molar-refractivity contribution >= 4 is 23.4 Å². The highest BCUT2D eigenvalue weighted by Gasteiger charge is 2.48. The van der Waals surface area contributed by atoms with E-state index in [1.165, 1.54) is 0 Å². The Hall–Kier alpha value is -2.34. The molecule has 0 radical (unpaired) electrons. The fraction of sp³-hybridized carbons (Fsp3) is 0.542. The number of halogens is 1. The van der Waals surface area contributed by atoms with Crippen molar-refractivity contribution in [2.75, 3.05) is 6.54 Å². The largest absolute Gasteiger partial charge is 0.354 e. The van der Waals surface area contributed by atoms with Crippen molar-refractivity contribution < 1.29 is 9.59 Å². The van der Waals surface area contributed by atoms with Gasteiger partial charge in [0.05, 0.1) is 12.2 Å². The predicted molar refractivity (Wildman–Crippen MR) is 123 cm³/mol. The predicted octanol–water partition coefficient (Wildman–Crippen LogP) is 4.41. The molecule has 0 spiro atoms. The van der Waals surface area contributed by atoms with E-state index in [9.17, 15) is 9.59 Å². The van der Waals surface area contributed by atoms with Crippen LogP contribution in [-0.4, -0.2) is 38.6 Å². The molecular weight excluding hydrogens is 412 g/mol. The molecule has 0 bridgehead atoms. The molecule has 7 heteroatoms. The van der Waals surface area contributed by atoms with Crippen LogP contribution < -0.4 is 5.32 Å². The number of nitrogens with one attached hydrogen (secondary N) is 1. The summed E-state index contributed by atoms with van der Waals surface area (Å²) in [4.78, 5) is 28.6. The second kappa shape index (κ2) is 8.65. The molecular formula is C24H33ClN4O2. The zero-order valence-corrected chi connectivity index (χ0v) is 20.1. The van der Waals surface area contributed by atoms with Crippen molar-refractivity contribution in [3.63, 3.8) is 0 Å². The zero-order chi connectivity index (χ0) is 23.0. The van der Waals surface area contributed by atoms with Crippen LogP contribution >= 0.6 is 11.6 Å². The first kappa shape index (κ1) is 23.3. The quantitative estimate of drug-likeness (QED) is 0.717. The lowest BCUT2D eigenvalue weighted by atomic mass is 9.91. The molecule has 1 aliphatic rings. The minimum Gasteiger partial charge on any atom is -0.354 e. The van der Waals surface area contributed by atoms with Crippen molar-refractivity contribution in [3.8, 4) is 0 Å². The molecule has 1 aromatic carbocycles. The summed E-state index contributed by atoms with van der Waals surface area (Å²) in [5.74, 6) is 0.0927. The molecule has 168 valence electrons. The third-order valence-electron chi connectivity index (χ3n) is 5.85. The number of carbonyl (C=O) groups is 2. The monoisotopic (exact) mass is 444 g/mol. The van der Waals surface area contributed by atoms with Gasteiger partial charge in [-0.2, -0.15) is 5.10 Å². The van der Waals surface area contributed by atoms with Gasteiger partial charge >= 0.3 is 0 Å². The Kier molecular flexibility index (Phi) is 6.51. The van der Waals surface area contributed by atoms with Gasteiger partial charge in [0.15, 0.2) is 0 Å². The first-order chi connectivity index (χ1) is 14.4. The van der Waals surface area contributed by atoms with E-state index in [-0.39, 0.29) is 23.8 Å². The summed E-state index contributed by atoms with van der Waals surface area (Å²) in [5.41, 5.74) is 0.861. The van der Waals surface area contributed by atoms with Gasteiger partial charge in [-0.1, -0.05) is 64.4 Å². The van der Waals surface area contributed by atoms with E-state index >= 15 is 0 Å². The normalized spacial score (nSPS) is 19.0. The molecule has 1 aliphatic heterocycles. The first-order valence-electron chi connectivity index (χ1n) is 10.9. The molecule has 0 aliphatic carbocycles. The van der Waals surface area contributed by atoms with Crippen LogP contribution in [0.4, 0.5) is 0 Å². The number of rotatable bonds is 6. The molecule has 2 aromatic rings. The average molecular weight is 445 g/mol. The molecule has 1 atom stereocenters. The van der Waals surface area contributed by atoms with Crippen LogP contribution in [-0.2, 0) is 23.3 Å². The molecule has 6 nitrogen and oxygen atoms in total. The fourth-order valence-electron chi connectivity index (χ4n) is 3.72. The zero-order valence-electron chi connectivity index (χ0n) is 19.3. The van der Waals surface area contributed by atoms with Gasteiger partial charge in [0, 0.05) is 23.5 Å². The summed E-state index contributed by atoms with van der Waals surface area (Å²) >= 11 is 6.39. The van der Waals surface area contributed by atoms with Crippen LogP contribution in [0.5, 0.6) is 0 Å². The molecule has 0 saturated heterocycles. The van der Waals surface area contributed by atoms with Crippen LogP contribution in [0.1, 0.15) is 69.7 Å². The third kappa shape index (κ3) is 4.79. The van der Waals surface area contributed by atoms with Gasteiger partial charge in [-0.05, 0) is 37.0 Å². The SMILES string of the molecule is CC(C)CCNC(=O)C1(C)Cn2nc(C(C)(C)C)cc2C(=O)N1Cc1ccccc1Cl. The van der Waals surface area contributed by atoms with Gasteiger partial charge in [-0.25, -0.2) is 0 Å². The molecule has 3 rings (SSSR count). The van der Waals surface area contributed by atoms with E-state index in [4.69, 9.17) is 11.6 Å². The second-order valence-electron chi connectivity index (χ2n) is 10.0. The van der Waals surface area contributed by atoms with Gasteiger partial charge in [0.25, 0.3) is 5.91 Å². The highest BCUT2D eigenvalue weighted by Crippen LogP contribution is 2.32. The number of carbonyl (C=O) groups excluding carboxylic acids is 2. The molecule has 31 heavy (non-hydrogen) atoms. The molecule has 2 amide bonds. The van der Waals surface area contributed by atoms with Gasteiger partial charge < -0.3 is 10.2 Å². The summed E-state index contributed by atoms with van der Waals surface area (Å²) in [7, 11) is 0. The van der Waals surface area contributed by atoms with Gasteiger partial charge in [0.2, 0.25) is 5.91 Å². The van der Waals surface area contributed by atoms with Gasteiger partial charge in [-0.15, -0.1) is 0 Å². The number of aromatic nitrogens is 2. The standard InChI is InChI=1S/C24H33ClN4O2/c1-16(2)11-12-26-22(31)24(6)15-29-19(13-20(27-29)23(3,4)5)21(30)28(24)14-17-9-7-8-10-18(17)25/h7-10,13,16H,11-12,14-15H2,1-6H3,(H,26,31). The van der Waals surface area contributed by atoms with Crippen molar-refractivity contribution in [2.45, 2.75) is 72.0 Å². The smallest absolute Gasteiger partial charge is 0.273 e. The van der Waals surface area contributed by atoms with E-state index in [0.717, 1.165) is 17.7 Å². The van der Waals surface area contributed by atoms with Gasteiger partial charge in [-0.3, -0.25) is 14.3 Å². The molecule has 1 unspecified atom stereocenters. The van der Waals surface area contributed by atoms with E-state index in [2.05, 4.69) is 45.0 Å².